The minimum Gasteiger partial charge on any atom is -0.492 e. The fraction of sp³-hybridized carbons (Fsp3) is 0.278. The molecule has 0 spiro atoms. The number of carbonyl (C=O) groups is 1. The quantitative estimate of drug-likeness (QED) is 0.627. The van der Waals surface area contributed by atoms with E-state index in [4.69, 9.17) is 27.9 Å². The number of benzene rings is 2. The third-order valence-corrected chi connectivity index (χ3v) is 5.50. The highest BCUT2D eigenvalue weighted by Gasteiger charge is 2.30. The summed E-state index contributed by atoms with van der Waals surface area (Å²) in [7, 11) is -3.82. The van der Waals surface area contributed by atoms with Gasteiger partial charge in [0.25, 0.3) is 0 Å². The van der Waals surface area contributed by atoms with Gasteiger partial charge in [0, 0.05) is 5.02 Å². The molecule has 0 aliphatic rings. The number of rotatable bonds is 8. The number of ether oxygens (including phenoxy) is 1. The second-order valence-corrected chi connectivity index (χ2v) is 8.63. The van der Waals surface area contributed by atoms with Crippen LogP contribution in [0, 0.1) is 5.82 Å². The van der Waals surface area contributed by atoms with Gasteiger partial charge in [-0.2, -0.15) is 0 Å². The summed E-state index contributed by atoms with van der Waals surface area (Å²) in [6, 6.07) is 8.73. The minimum absolute atomic E-state index is 0.113. The second-order valence-electron chi connectivity index (χ2n) is 5.92. The van der Waals surface area contributed by atoms with Crippen LogP contribution in [-0.2, 0) is 14.8 Å². The van der Waals surface area contributed by atoms with Gasteiger partial charge in [-0.1, -0.05) is 23.2 Å². The van der Waals surface area contributed by atoms with Gasteiger partial charge in [0.2, 0.25) is 15.9 Å². The molecule has 0 heterocycles. The van der Waals surface area contributed by atoms with Crippen LogP contribution in [0.5, 0.6) is 5.75 Å². The van der Waals surface area contributed by atoms with E-state index >= 15 is 0 Å². The van der Waals surface area contributed by atoms with Crippen LogP contribution in [0.2, 0.25) is 10.0 Å². The Labute approximate surface area is 173 Å². The maximum Gasteiger partial charge on any atom is 0.243 e. The fourth-order valence-electron chi connectivity index (χ4n) is 2.46. The SMILES string of the molecule is C[C@@H](C(=O)NCCOc1ccc(F)cc1)N(c1cc(Cl)ccc1Cl)S(C)(=O)=O. The normalized spacial score (nSPS) is 12.3. The van der Waals surface area contributed by atoms with Crippen molar-refractivity contribution in [3.05, 3.63) is 58.3 Å². The summed E-state index contributed by atoms with van der Waals surface area (Å²) in [5.74, 6) is -0.466. The molecule has 10 heteroatoms. The van der Waals surface area contributed by atoms with E-state index in [0.29, 0.717) is 5.75 Å². The molecule has 0 bridgehead atoms. The minimum atomic E-state index is -3.82. The van der Waals surface area contributed by atoms with Crippen LogP contribution in [0.1, 0.15) is 6.92 Å². The van der Waals surface area contributed by atoms with E-state index in [9.17, 15) is 17.6 Å². The Hall–Kier alpha value is -2.03. The number of sulfonamides is 1. The van der Waals surface area contributed by atoms with Gasteiger partial charge in [0.05, 0.1) is 23.5 Å². The van der Waals surface area contributed by atoms with Crippen LogP contribution in [0.15, 0.2) is 42.5 Å². The van der Waals surface area contributed by atoms with Crippen molar-refractivity contribution in [2.24, 2.45) is 0 Å². The van der Waals surface area contributed by atoms with E-state index in [1.807, 2.05) is 0 Å². The predicted molar refractivity (Wildman–Crippen MR) is 108 cm³/mol. The maximum atomic E-state index is 12.9. The highest BCUT2D eigenvalue weighted by atomic mass is 35.5. The standard InChI is InChI=1S/C18H19Cl2FN2O4S/c1-12(18(24)22-9-10-27-15-6-4-14(21)5-7-15)23(28(2,25)26)17-11-13(19)3-8-16(17)20/h3-8,11-12H,9-10H2,1-2H3,(H,22,24)/t12-/m0/s1. The first-order chi connectivity index (χ1) is 13.1. The van der Waals surface area contributed by atoms with Crippen molar-refractivity contribution in [1.29, 1.82) is 0 Å². The zero-order valence-electron chi connectivity index (χ0n) is 15.2. The Morgan fingerprint density at radius 2 is 1.86 bits per heavy atom. The van der Waals surface area contributed by atoms with Crippen LogP contribution in [0.4, 0.5) is 10.1 Å². The monoisotopic (exact) mass is 448 g/mol. The van der Waals surface area contributed by atoms with E-state index in [0.717, 1.165) is 10.6 Å². The summed E-state index contributed by atoms with van der Waals surface area (Å²) in [6.45, 7) is 1.69. The van der Waals surface area contributed by atoms with Crippen LogP contribution in [0.25, 0.3) is 0 Å². The number of hydrogen-bond acceptors (Lipinski definition) is 4. The largest absolute Gasteiger partial charge is 0.492 e. The van der Waals surface area contributed by atoms with Crippen molar-refractivity contribution < 1.29 is 22.3 Å². The van der Waals surface area contributed by atoms with Gasteiger partial charge in [0.1, 0.15) is 24.2 Å². The summed E-state index contributed by atoms with van der Waals surface area (Å²) in [4.78, 5) is 12.5. The molecule has 28 heavy (non-hydrogen) atoms. The summed E-state index contributed by atoms with van der Waals surface area (Å²) < 4.78 is 43.7. The van der Waals surface area contributed by atoms with Gasteiger partial charge in [0.15, 0.2) is 0 Å². The molecule has 2 aromatic rings. The van der Waals surface area contributed by atoms with Gasteiger partial charge in [-0.25, -0.2) is 12.8 Å². The molecule has 0 aromatic heterocycles. The zero-order chi connectivity index (χ0) is 20.9. The number of amides is 1. The lowest BCUT2D eigenvalue weighted by atomic mass is 10.2. The molecule has 2 aromatic carbocycles. The lowest BCUT2D eigenvalue weighted by Crippen LogP contribution is -2.48. The van der Waals surface area contributed by atoms with E-state index in [2.05, 4.69) is 5.32 Å². The lowest BCUT2D eigenvalue weighted by molar-refractivity contribution is -0.121. The van der Waals surface area contributed by atoms with E-state index in [-0.39, 0.29) is 34.7 Å². The Bertz CT molecular complexity index is 939. The summed E-state index contributed by atoms with van der Waals surface area (Å²) >= 11 is 12.1. The first-order valence-corrected chi connectivity index (χ1v) is 10.8. The molecule has 0 unspecified atom stereocenters. The third kappa shape index (κ3) is 5.98. The molecule has 0 saturated heterocycles. The molecule has 6 nitrogen and oxygen atoms in total. The topological polar surface area (TPSA) is 75.7 Å². The van der Waals surface area contributed by atoms with E-state index < -0.39 is 22.0 Å². The molecular formula is C18H19Cl2FN2O4S. The number of anilines is 1. The molecule has 0 radical (unpaired) electrons. The maximum absolute atomic E-state index is 12.9. The van der Waals surface area contributed by atoms with Gasteiger partial charge in [-0.15, -0.1) is 0 Å². The average Bonchev–Trinajstić information content (AvgIpc) is 2.62. The van der Waals surface area contributed by atoms with Crippen molar-refractivity contribution in [2.45, 2.75) is 13.0 Å². The van der Waals surface area contributed by atoms with E-state index in [1.165, 1.54) is 49.4 Å². The molecule has 0 fully saturated rings. The first kappa shape index (κ1) is 22.3. The molecule has 2 rings (SSSR count). The fourth-order valence-corrected chi connectivity index (χ4v) is 4.06. The van der Waals surface area contributed by atoms with Crippen LogP contribution < -0.4 is 14.4 Å². The molecule has 1 N–H and O–H groups in total. The van der Waals surface area contributed by atoms with E-state index in [1.54, 1.807) is 0 Å². The molecule has 0 aliphatic carbocycles. The third-order valence-electron chi connectivity index (χ3n) is 3.72. The Kier molecular flexibility index (Phi) is 7.51. The summed E-state index contributed by atoms with van der Waals surface area (Å²) in [6.07, 6.45) is 0.978. The molecule has 0 aliphatic heterocycles. The Morgan fingerprint density at radius 3 is 2.46 bits per heavy atom. The highest BCUT2D eigenvalue weighted by molar-refractivity contribution is 7.92. The molecular weight excluding hydrogens is 430 g/mol. The predicted octanol–water partition coefficient (Wildman–Crippen LogP) is 3.48. The molecule has 0 saturated carbocycles. The van der Waals surface area contributed by atoms with Crippen molar-refractivity contribution in [1.82, 2.24) is 5.32 Å². The first-order valence-electron chi connectivity index (χ1n) is 8.20. The number of hydrogen-bond donors (Lipinski definition) is 1. The number of nitrogens with zero attached hydrogens (tertiary/aromatic N) is 1. The summed E-state index contributed by atoms with van der Waals surface area (Å²) in [5.41, 5.74) is 0.113. The van der Waals surface area contributed by atoms with Gasteiger partial charge in [-0.3, -0.25) is 9.10 Å². The summed E-state index contributed by atoms with van der Waals surface area (Å²) in [5, 5.41) is 3.03. The van der Waals surface area contributed by atoms with Gasteiger partial charge in [-0.05, 0) is 49.4 Å². The van der Waals surface area contributed by atoms with Crippen LogP contribution >= 0.6 is 23.2 Å². The average molecular weight is 449 g/mol. The lowest BCUT2D eigenvalue weighted by Gasteiger charge is -2.29. The van der Waals surface area contributed by atoms with Crippen molar-refractivity contribution in [2.75, 3.05) is 23.7 Å². The molecule has 1 amide bonds. The smallest absolute Gasteiger partial charge is 0.243 e. The number of carbonyl (C=O) groups excluding carboxylic acids is 1. The van der Waals surface area contributed by atoms with Gasteiger partial charge < -0.3 is 10.1 Å². The molecule has 152 valence electrons. The second kappa shape index (κ2) is 9.45. The van der Waals surface area contributed by atoms with Crippen molar-refractivity contribution in [3.8, 4) is 5.75 Å². The van der Waals surface area contributed by atoms with Gasteiger partial charge >= 0.3 is 0 Å². The zero-order valence-corrected chi connectivity index (χ0v) is 17.5. The van der Waals surface area contributed by atoms with Crippen molar-refractivity contribution >= 4 is 44.8 Å². The highest BCUT2D eigenvalue weighted by Crippen LogP contribution is 2.32. The van der Waals surface area contributed by atoms with Crippen molar-refractivity contribution in [3.63, 3.8) is 0 Å². The number of nitrogens with one attached hydrogen (secondary N) is 1. The Balaban J connectivity index is 2.03. The van der Waals surface area contributed by atoms with Crippen LogP contribution in [0.3, 0.4) is 0 Å². The van der Waals surface area contributed by atoms with Crippen LogP contribution in [-0.4, -0.2) is 39.8 Å². The number of halogens is 3. The molecule has 1 atom stereocenters. The Morgan fingerprint density at radius 1 is 1.21 bits per heavy atom.